The van der Waals surface area contributed by atoms with Crippen LogP contribution in [0.15, 0.2) is 0 Å². The number of aromatic amines is 1. The van der Waals surface area contributed by atoms with Gasteiger partial charge in [-0.15, -0.1) is 5.10 Å². The number of hydrogen-bond acceptors (Lipinski definition) is 4. The van der Waals surface area contributed by atoms with E-state index in [4.69, 9.17) is 0 Å². The molecule has 0 spiro atoms. The van der Waals surface area contributed by atoms with Crippen LogP contribution in [0.2, 0.25) is 0 Å². The van der Waals surface area contributed by atoms with Crippen molar-refractivity contribution in [3.8, 4) is 0 Å². The number of carbonyl (C=O) groups excluding carboxylic acids is 2. The van der Waals surface area contributed by atoms with Gasteiger partial charge in [-0.25, -0.2) is 4.98 Å². The highest BCUT2D eigenvalue weighted by Crippen LogP contribution is 2.17. The standard InChI is InChI=1S/C14H25N5O2/c1-8(2)7-15-11(20)9(3)16-12(21)10-17-13(19-18-10)14(4,5)6/h8-9H,7H2,1-6H3,(H,15,20)(H,16,21)(H,17,18,19). The van der Waals surface area contributed by atoms with Gasteiger partial charge >= 0.3 is 0 Å². The molecule has 0 aliphatic rings. The Kier molecular flexibility index (Phi) is 5.46. The molecule has 1 aromatic heterocycles. The first-order valence-corrected chi connectivity index (χ1v) is 7.12. The average Bonchev–Trinajstić information content (AvgIpc) is 2.85. The molecule has 0 aromatic carbocycles. The largest absolute Gasteiger partial charge is 0.354 e. The second-order valence-electron chi connectivity index (χ2n) is 6.59. The first-order chi connectivity index (χ1) is 9.61. The Hall–Kier alpha value is -1.92. The molecule has 0 aliphatic heterocycles. The maximum absolute atomic E-state index is 12.0. The lowest BCUT2D eigenvalue weighted by atomic mass is 9.96. The lowest BCUT2D eigenvalue weighted by Crippen LogP contribution is -2.45. The van der Waals surface area contributed by atoms with Crippen LogP contribution in [-0.4, -0.2) is 39.6 Å². The smallest absolute Gasteiger partial charge is 0.291 e. The minimum absolute atomic E-state index is 0.0448. The van der Waals surface area contributed by atoms with E-state index in [1.54, 1.807) is 6.92 Å². The van der Waals surface area contributed by atoms with Crippen LogP contribution in [0.25, 0.3) is 0 Å². The fourth-order valence-electron chi connectivity index (χ4n) is 1.48. The number of nitrogens with zero attached hydrogens (tertiary/aromatic N) is 2. The van der Waals surface area contributed by atoms with E-state index in [1.165, 1.54) is 0 Å². The topological polar surface area (TPSA) is 99.8 Å². The molecular formula is C14H25N5O2. The summed E-state index contributed by atoms with van der Waals surface area (Å²) in [6.07, 6.45) is 0. The van der Waals surface area contributed by atoms with E-state index in [0.29, 0.717) is 18.3 Å². The van der Waals surface area contributed by atoms with E-state index in [1.807, 2.05) is 34.6 Å². The van der Waals surface area contributed by atoms with Crippen molar-refractivity contribution in [3.05, 3.63) is 11.6 Å². The van der Waals surface area contributed by atoms with E-state index in [0.717, 1.165) is 0 Å². The second kappa shape index (κ2) is 6.69. The quantitative estimate of drug-likeness (QED) is 0.754. The third-order valence-electron chi connectivity index (χ3n) is 2.82. The van der Waals surface area contributed by atoms with Gasteiger partial charge in [0, 0.05) is 12.0 Å². The first-order valence-electron chi connectivity index (χ1n) is 7.12. The summed E-state index contributed by atoms with van der Waals surface area (Å²) in [4.78, 5) is 28.0. The Labute approximate surface area is 125 Å². The highest BCUT2D eigenvalue weighted by atomic mass is 16.2. The molecule has 0 bridgehead atoms. The maximum atomic E-state index is 12.0. The molecule has 1 aromatic rings. The van der Waals surface area contributed by atoms with Crippen LogP contribution >= 0.6 is 0 Å². The third kappa shape index (κ3) is 5.17. The zero-order valence-electron chi connectivity index (χ0n) is 13.6. The van der Waals surface area contributed by atoms with Crippen molar-refractivity contribution in [1.82, 2.24) is 25.8 Å². The van der Waals surface area contributed by atoms with Crippen molar-refractivity contribution >= 4 is 11.8 Å². The summed E-state index contributed by atoms with van der Waals surface area (Å²) in [7, 11) is 0. The molecule has 1 rings (SSSR count). The highest BCUT2D eigenvalue weighted by Gasteiger charge is 2.23. The van der Waals surface area contributed by atoms with Crippen molar-refractivity contribution in [1.29, 1.82) is 0 Å². The van der Waals surface area contributed by atoms with Gasteiger partial charge in [-0.05, 0) is 12.8 Å². The number of rotatable bonds is 5. The minimum Gasteiger partial charge on any atom is -0.354 e. The van der Waals surface area contributed by atoms with Crippen LogP contribution in [0.4, 0.5) is 0 Å². The van der Waals surface area contributed by atoms with Crippen molar-refractivity contribution in [2.24, 2.45) is 5.92 Å². The maximum Gasteiger partial charge on any atom is 0.291 e. The Morgan fingerprint density at radius 1 is 1.24 bits per heavy atom. The van der Waals surface area contributed by atoms with Gasteiger partial charge in [0.1, 0.15) is 11.9 Å². The average molecular weight is 295 g/mol. The number of amides is 2. The predicted octanol–water partition coefficient (Wildman–Crippen LogP) is 0.993. The van der Waals surface area contributed by atoms with Gasteiger partial charge in [0.15, 0.2) is 0 Å². The lowest BCUT2D eigenvalue weighted by molar-refractivity contribution is -0.122. The first kappa shape index (κ1) is 17.1. The summed E-state index contributed by atoms with van der Waals surface area (Å²) in [6.45, 7) is 12.1. The Morgan fingerprint density at radius 3 is 2.33 bits per heavy atom. The molecule has 0 aliphatic carbocycles. The Morgan fingerprint density at radius 2 is 1.86 bits per heavy atom. The van der Waals surface area contributed by atoms with Gasteiger partial charge in [0.25, 0.3) is 5.91 Å². The molecule has 0 saturated heterocycles. The number of aromatic nitrogens is 3. The summed E-state index contributed by atoms with van der Waals surface area (Å²) in [6, 6.07) is -0.632. The van der Waals surface area contributed by atoms with E-state index < -0.39 is 11.9 Å². The van der Waals surface area contributed by atoms with Crippen molar-refractivity contribution in [3.63, 3.8) is 0 Å². The van der Waals surface area contributed by atoms with Crippen LogP contribution in [0.3, 0.4) is 0 Å². The SMILES string of the molecule is CC(C)CNC(=O)C(C)NC(=O)c1n[nH]c(C(C)(C)C)n1. The normalized spacial score (nSPS) is 13.1. The molecule has 0 radical (unpaired) electrons. The molecule has 1 heterocycles. The van der Waals surface area contributed by atoms with E-state index >= 15 is 0 Å². The molecule has 2 amide bonds. The number of carbonyl (C=O) groups is 2. The zero-order chi connectivity index (χ0) is 16.2. The van der Waals surface area contributed by atoms with Crippen molar-refractivity contribution in [2.45, 2.75) is 53.0 Å². The van der Waals surface area contributed by atoms with Crippen molar-refractivity contribution in [2.75, 3.05) is 6.54 Å². The van der Waals surface area contributed by atoms with Gasteiger partial charge in [-0.2, -0.15) is 0 Å². The molecule has 21 heavy (non-hydrogen) atoms. The van der Waals surface area contributed by atoms with Crippen LogP contribution < -0.4 is 10.6 Å². The van der Waals surface area contributed by atoms with Crippen LogP contribution in [0.1, 0.15) is 58.0 Å². The number of hydrogen-bond donors (Lipinski definition) is 3. The van der Waals surface area contributed by atoms with Gasteiger partial charge in [0.05, 0.1) is 0 Å². The van der Waals surface area contributed by atoms with E-state index in [2.05, 4.69) is 25.8 Å². The van der Waals surface area contributed by atoms with Crippen LogP contribution in [-0.2, 0) is 10.2 Å². The zero-order valence-corrected chi connectivity index (χ0v) is 13.6. The Balaban J connectivity index is 2.60. The molecule has 0 saturated carbocycles. The summed E-state index contributed by atoms with van der Waals surface area (Å²) in [5, 5.41) is 12.0. The van der Waals surface area contributed by atoms with Crippen LogP contribution in [0.5, 0.6) is 0 Å². The van der Waals surface area contributed by atoms with Gasteiger partial charge in [-0.1, -0.05) is 34.6 Å². The third-order valence-corrected chi connectivity index (χ3v) is 2.82. The molecule has 7 heteroatoms. The Bertz CT molecular complexity index is 502. The van der Waals surface area contributed by atoms with E-state index in [-0.39, 0.29) is 17.1 Å². The fraction of sp³-hybridized carbons (Fsp3) is 0.714. The monoisotopic (exact) mass is 295 g/mol. The number of nitrogens with one attached hydrogen (secondary N) is 3. The van der Waals surface area contributed by atoms with Gasteiger partial charge in [-0.3, -0.25) is 14.7 Å². The second-order valence-corrected chi connectivity index (χ2v) is 6.59. The molecule has 3 N–H and O–H groups in total. The highest BCUT2D eigenvalue weighted by molar-refractivity contribution is 5.94. The molecule has 7 nitrogen and oxygen atoms in total. The summed E-state index contributed by atoms with van der Waals surface area (Å²) >= 11 is 0. The van der Waals surface area contributed by atoms with Gasteiger partial charge in [0.2, 0.25) is 11.7 Å². The molecule has 0 fully saturated rings. The minimum atomic E-state index is -0.632. The summed E-state index contributed by atoms with van der Waals surface area (Å²) in [5.74, 6) is 0.352. The lowest BCUT2D eigenvalue weighted by Gasteiger charge is -2.14. The van der Waals surface area contributed by atoms with Gasteiger partial charge < -0.3 is 10.6 Å². The molecule has 118 valence electrons. The molecular weight excluding hydrogens is 270 g/mol. The fourth-order valence-corrected chi connectivity index (χ4v) is 1.48. The summed E-state index contributed by atoms with van der Waals surface area (Å²) < 4.78 is 0. The predicted molar refractivity (Wildman–Crippen MR) is 79.9 cm³/mol. The summed E-state index contributed by atoms with van der Waals surface area (Å²) in [5.41, 5.74) is -0.216. The molecule has 1 unspecified atom stereocenters. The number of H-pyrrole nitrogens is 1. The van der Waals surface area contributed by atoms with Crippen LogP contribution in [0, 0.1) is 5.92 Å². The van der Waals surface area contributed by atoms with Crippen molar-refractivity contribution < 1.29 is 9.59 Å². The van der Waals surface area contributed by atoms with E-state index in [9.17, 15) is 9.59 Å². The molecule has 1 atom stereocenters.